The molecule has 0 N–H and O–H groups in total. The predicted molar refractivity (Wildman–Crippen MR) is 126 cm³/mol. The number of methoxy groups -OCH3 is 1. The summed E-state index contributed by atoms with van der Waals surface area (Å²) in [4.78, 5) is 19.7. The molecular weight excluding hydrogens is 404 g/mol. The second-order valence-electron chi connectivity index (χ2n) is 7.13. The molecule has 3 aromatic rings. The third kappa shape index (κ3) is 6.38. The van der Waals surface area contributed by atoms with Gasteiger partial charge in [-0.3, -0.25) is 4.98 Å². The summed E-state index contributed by atoms with van der Waals surface area (Å²) in [6, 6.07) is 19.5. The Morgan fingerprint density at radius 1 is 0.844 bits per heavy atom. The smallest absolute Gasteiger partial charge is 0.119 e. The topological polar surface area (TPSA) is 78.2 Å². The second-order valence-corrected chi connectivity index (χ2v) is 7.13. The van der Waals surface area contributed by atoms with Crippen LogP contribution in [0.2, 0.25) is 0 Å². The number of hydrogen-bond donors (Lipinski definition) is 0. The highest BCUT2D eigenvalue weighted by Crippen LogP contribution is 2.22. The Morgan fingerprint density at radius 3 is 2.34 bits per heavy atom. The minimum absolute atomic E-state index is 0.490. The molecule has 7 nitrogen and oxygen atoms in total. The molecule has 0 aliphatic carbocycles. The lowest BCUT2D eigenvalue weighted by molar-refractivity contribution is 0.141. The normalized spacial score (nSPS) is 11.9. The number of aryl methyl sites for hydroxylation is 1. The summed E-state index contributed by atoms with van der Waals surface area (Å²) < 4.78 is 5.30. The highest BCUT2D eigenvalue weighted by atomic mass is 16.6. The summed E-state index contributed by atoms with van der Waals surface area (Å²) in [6.45, 7) is 4.25. The molecule has 0 saturated carbocycles. The van der Waals surface area contributed by atoms with E-state index in [2.05, 4.69) is 15.3 Å². The van der Waals surface area contributed by atoms with Crippen LogP contribution in [0.1, 0.15) is 37.4 Å². The van der Waals surface area contributed by atoms with Crippen molar-refractivity contribution in [3.63, 3.8) is 0 Å². The number of ether oxygens (including phenoxy) is 1. The van der Waals surface area contributed by atoms with Crippen molar-refractivity contribution in [3.8, 4) is 17.0 Å². The van der Waals surface area contributed by atoms with Crippen molar-refractivity contribution in [1.29, 1.82) is 0 Å². The average Bonchev–Trinajstić information content (AvgIpc) is 2.84. The Balaban J connectivity index is 1.55. The molecule has 3 rings (SSSR count). The molecule has 0 aliphatic heterocycles. The Labute approximate surface area is 188 Å². The van der Waals surface area contributed by atoms with E-state index < -0.39 is 0 Å². The average molecular weight is 433 g/mol. The quantitative estimate of drug-likeness (QED) is 0.259. The SMILES string of the molecule is CO/N=C(\C)c1cccc(CCCO/N=C(\C)c2cccc(-c3cccc(OC)c3)n2)n1. The van der Waals surface area contributed by atoms with Gasteiger partial charge in [0.05, 0.1) is 24.2 Å². The number of benzene rings is 1. The van der Waals surface area contributed by atoms with E-state index in [1.807, 2.05) is 74.5 Å². The molecule has 0 bridgehead atoms. The molecule has 0 unspecified atom stereocenters. The molecule has 166 valence electrons. The van der Waals surface area contributed by atoms with Crippen molar-refractivity contribution < 1.29 is 14.4 Å². The van der Waals surface area contributed by atoms with Crippen molar-refractivity contribution in [1.82, 2.24) is 9.97 Å². The van der Waals surface area contributed by atoms with E-state index in [9.17, 15) is 0 Å². The van der Waals surface area contributed by atoms with Crippen molar-refractivity contribution in [2.24, 2.45) is 10.3 Å². The van der Waals surface area contributed by atoms with Gasteiger partial charge >= 0.3 is 0 Å². The third-order valence-corrected chi connectivity index (χ3v) is 4.76. The van der Waals surface area contributed by atoms with Gasteiger partial charge in [-0.25, -0.2) is 4.98 Å². The van der Waals surface area contributed by atoms with E-state index in [0.717, 1.165) is 58.4 Å². The molecule has 7 heteroatoms. The maximum absolute atomic E-state index is 5.53. The Morgan fingerprint density at radius 2 is 1.56 bits per heavy atom. The van der Waals surface area contributed by atoms with Crippen LogP contribution in [0.3, 0.4) is 0 Å². The first-order valence-electron chi connectivity index (χ1n) is 10.4. The van der Waals surface area contributed by atoms with Crippen LogP contribution in [0, 0.1) is 0 Å². The van der Waals surface area contributed by atoms with Crippen LogP contribution in [0.4, 0.5) is 0 Å². The van der Waals surface area contributed by atoms with Gasteiger partial charge in [0.2, 0.25) is 0 Å². The zero-order valence-electron chi connectivity index (χ0n) is 18.9. The van der Waals surface area contributed by atoms with E-state index in [0.29, 0.717) is 6.61 Å². The minimum Gasteiger partial charge on any atom is -0.497 e. The van der Waals surface area contributed by atoms with Gasteiger partial charge in [-0.15, -0.1) is 0 Å². The van der Waals surface area contributed by atoms with Crippen molar-refractivity contribution in [2.75, 3.05) is 20.8 Å². The van der Waals surface area contributed by atoms with Crippen LogP contribution in [0.25, 0.3) is 11.3 Å². The summed E-state index contributed by atoms with van der Waals surface area (Å²) >= 11 is 0. The highest BCUT2D eigenvalue weighted by Gasteiger charge is 2.06. The van der Waals surface area contributed by atoms with Crippen LogP contribution in [0.15, 0.2) is 71.0 Å². The van der Waals surface area contributed by atoms with Crippen LogP contribution in [0.5, 0.6) is 5.75 Å². The van der Waals surface area contributed by atoms with Gasteiger partial charge in [-0.2, -0.15) is 0 Å². The van der Waals surface area contributed by atoms with Gasteiger partial charge in [0.1, 0.15) is 30.9 Å². The molecule has 0 fully saturated rings. The molecule has 2 heterocycles. The fourth-order valence-corrected chi connectivity index (χ4v) is 3.09. The van der Waals surface area contributed by atoms with Crippen LogP contribution < -0.4 is 4.74 Å². The van der Waals surface area contributed by atoms with Crippen LogP contribution in [-0.2, 0) is 16.1 Å². The minimum atomic E-state index is 0.490. The van der Waals surface area contributed by atoms with Gasteiger partial charge in [0, 0.05) is 11.3 Å². The summed E-state index contributed by atoms with van der Waals surface area (Å²) in [5, 5.41) is 8.17. The van der Waals surface area contributed by atoms with Gasteiger partial charge in [-0.1, -0.05) is 34.6 Å². The van der Waals surface area contributed by atoms with E-state index in [1.165, 1.54) is 7.11 Å². The van der Waals surface area contributed by atoms with Gasteiger partial charge in [-0.05, 0) is 63.1 Å². The second kappa shape index (κ2) is 11.6. The van der Waals surface area contributed by atoms with Gasteiger partial charge in [0.15, 0.2) is 0 Å². The fraction of sp³-hybridized carbons (Fsp3) is 0.280. The summed E-state index contributed by atoms with van der Waals surface area (Å²) in [5.41, 5.74) is 5.87. The molecule has 0 atom stereocenters. The number of pyridine rings is 2. The first-order chi connectivity index (χ1) is 15.6. The van der Waals surface area contributed by atoms with E-state index in [1.54, 1.807) is 7.11 Å². The zero-order valence-corrected chi connectivity index (χ0v) is 18.9. The Bertz CT molecular complexity index is 1100. The lowest BCUT2D eigenvalue weighted by Crippen LogP contribution is -2.04. The molecule has 0 spiro atoms. The molecular formula is C25H28N4O3. The predicted octanol–water partition coefficient (Wildman–Crippen LogP) is 4.90. The third-order valence-electron chi connectivity index (χ3n) is 4.76. The van der Waals surface area contributed by atoms with Crippen molar-refractivity contribution in [2.45, 2.75) is 26.7 Å². The van der Waals surface area contributed by atoms with Crippen molar-refractivity contribution in [3.05, 3.63) is 77.7 Å². The molecule has 0 aliphatic rings. The summed E-state index contributed by atoms with van der Waals surface area (Å²) in [6.07, 6.45) is 1.58. The lowest BCUT2D eigenvalue weighted by atomic mass is 10.1. The van der Waals surface area contributed by atoms with Gasteiger partial charge < -0.3 is 14.4 Å². The summed E-state index contributed by atoms with van der Waals surface area (Å²) in [7, 11) is 3.18. The molecule has 32 heavy (non-hydrogen) atoms. The number of rotatable bonds is 10. The molecule has 2 aromatic heterocycles. The largest absolute Gasteiger partial charge is 0.497 e. The maximum atomic E-state index is 5.53. The first kappa shape index (κ1) is 22.9. The molecule has 1 aromatic carbocycles. The zero-order chi connectivity index (χ0) is 22.8. The number of nitrogens with zero attached hydrogens (tertiary/aromatic N) is 4. The number of oxime groups is 2. The maximum Gasteiger partial charge on any atom is 0.119 e. The van der Waals surface area contributed by atoms with Crippen LogP contribution >= 0.6 is 0 Å². The standard InChI is InChI=1S/C25H28N4O3/c1-18(28-31-4)23-13-6-10-21(26-23)11-8-16-32-29-19(2)24-14-7-15-25(27-24)20-9-5-12-22(17-20)30-3/h5-7,9-10,12-15,17H,8,11,16H2,1-4H3/b28-18+,29-19+. The first-order valence-corrected chi connectivity index (χ1v) is 10.4. The molecule has 0 saturated heterocycles. The van der Waals surface area contributed by atoms with E-state index in [-0.39, 0.29) is 0 Å². The van der Waals surface area contributed by atoms with E-state index >= 15 is 0 Å². The Hall–Kier alpha value is -3.74. The van der Waals surface area contributed by atoms with Crippen molar-refractivity contribution >= 4 is 11.4 Å². The summed E-state index contributed by atoms with van der Waals surface area (Å²) in [5.74, 6) is 0.796. The molecule has 0 radical (unpaired) electrons. The van der Waals surface area contributed by atoms with Crippen LogP contribution in [-0.4, -0.2) is 42.2 Å². The number of aromatic nitrogens is 2. The highest BCUT2D eigenvalue weighted by molar-refractivity contribution is 5.97. The lowest BCUT2D eigenvalue weighted by Gasteiger charge is -2.07. The fourth-order valence-electron chi connectivity index (χ4n) is 3.09. The van der Waals surface area contributed by atoms with E-state index in [4.69, 9.17) is 19.4 Å². The molecule has 0 amide bonds. The number of hydrogen-bond acceptors (Lipinski definition) is 7. The van der Waals surface area contributed by atoms with Gasteiger partial charge in [0.25, 0.3) is 0 Å². The Kier molecular flexibility index (Phi) is 8.31. The monoisotopic (exact) mass is 432 g/mol.